The van der Waals surface area contributed by atoms with E-state index in [1.54, 1.807) is 0 Å². The van der Waals surface area contributed by atoms with E-state index < -0.39 is 0 Å². The molecule has 1 atom stereocenters. The molecule has 1 aliphatic heterocycles. The molecule has 0 bridgehead atoms. The van der Waals surface area contributed by atoms with Crippen LogP contribution in [0.4, 0.5) is 0 Å². The maximum absolute atomic E-state index is 10.2. The maximum atomic E-state index is 10.2. The largest absolute Gasteiger partial charge is 0.392 e. The van der Waals surface area contributed by atoms with Gasteiger partial charge in [-0.2, -0.15) is 0 Å². The van der Waals surface area contributed by atoms with Gasteiger partial charge in [-0.05, 0) is 37.7 Å². The third kappa shape index (κ3) is 3.06. The van der Waals surface area contributed by atoms with Gasteiger partial charge in [0.25, 0.3) is 0 Å². The minimum Gasteiger partial charge on any atom is -0.392 e. The summed E-state index contributed by atoms with van der Waals surface area (Å²) in [5.41, 5.74) is 2.50. The van der Waals surface area contributed by atoms with Gasteiger partial charge in [0.05, 0.1) is 6.10 Å². The van der Waals surface area contributed by atoms with Crippen LogP contribution in [0.1, 0.15) is 24.0 Å². The smallest absolute Gasteiger partial charge is 0.0610 e. The van der Waals surface area contributed by atoms with Crippen LogP contribution >= 0.6 is 0 Å². The second-order valence-corrected chi connectivity index (χ2v) is 4.71. The second-order valence-electron chi connectivity index (χ2n) is 4.71. The maximum Gasteiger partial charge on any atom is 0.0610 e. The third-order valence-corrected chi connectivity index (χ3v) is 3.34. The van der Waals surface area contributed by atoms with Crippen molar-refractivity contribution in [3.8, 4) is 0 Å². The molecule has 88 valence electrons. The summed E-state index contributed by atoms with van der Waals surface area (Å²) in [4.78, 5) is 0. The molecule has 2 rings (SSSR count). The number of aliphatic hydroxyl groups excluding tert-OH is 1. The Labute approximate surface area is 97.3 Å². The fraction of sp³-hybridized carbons (Fsp3) is 0.571. The van der Waals surface area contributed by atoms with E-state index >= 15 is 0 Å². The van der Waals surface area contributed by atoms with E-state index in [1.165, 1.54) is 11.1 Å². The van der Waals surface area contributed by atoms with E-state index in [0.29, 0.717) is 5.92 Å². The van der Waals surface area contributed by atoms with E-state index in [9.17, 15) is 5.11 Å². The molecule has 0 radical (unpaired) electrons. The van der Waals surface area contributed by atoms with Crippen LogP contribution in [0.3, 0.4) is 0 Å². The van der Waals surface area contributed by atoms with Crippen LogP contribution in [0.15, 0.2) is 24.3 Å². The quantitative estimate of drug-likeness (QED) is 0.847. The molecule has 1 saturated heterocycles. The Morgan fingerprint density at radius 1 is 1.38 bits per heavy atom. The monoisotopic (exact) mass is 220 g/mol. The first-order chi connectivity index (χ1) is 7.75. The predicted octanol–water partition coefficient (Wildman–Crippen LogP) is 2.33. The molecular weight excluding hydrogens is 200 g/mol. The van der Waals surface area contributed by atoms with Crippen LogP contribution in [-0.2, 0) is 11.2 Å². The number of aliphatic hydroxyl groups is 1. The van der Waals surface area contributed by atoms with E-state index in [1.807, 2.05) is 0 Å². The molecular formula is C14H20O2. The number of aryl methyl sites for hydroxylation is 1. The van der Waals surface area contributed by atoms with Gasteiger partial charge < -0.3 is 9.84 Å². The highest BCUT2D eigenvalue weighted by atomic mass is 16.5. The predicted molar refractivity (Wildman–Crippen MR) is 64.4 cm³/mol. The molecule has 2 heteroatoms. The zero-order valence-electron chi connectivity index (χ0n) is 9.86. The summed E-state index contributed by atoms with van der Waals surface area (Å²) in [5, 5.41) is 10.2. The van der Waals surface area contributed by atoms with E-state index in [0.717, 1.165) is 32.5 Å². The summed E-state index contributed by atoms with van der Waals surface area (Å²) in [7, 11) is 0. The molecule has 0 amide bonds. The summed E-state index contributed by atoms with van der Waals surface area (Å²) in [6.07, 6.45) is 2.54. The molecule has 1 N–H and O–H groups in total. The number of hydrogen-bond acceptors (Lipinski definition) is 2. The van der Waals surface area contributed by atoms with Crippen molar-refractivity contribution in [1.82, 2.24) is 0 Å². The van der Waals surface area contributed by atoms with Crippen molar-refractivity contribution in [2.75, 3.05) is 13.2 Å². The average molecular weight is 220 g/mol. The molecule has 1 aliphatic rings. The molecule has 16 heavy (non-hydrogen) atoms. The van der Waals surface area contributed by atoms with Crippen LogP contribution < -0.4 is 0 Å². The molecule has 0 aliphatic carbocycles. The fourth-order valence-electron chi connectivity index (χ4n) is 2.35. The number of benzene rings is 1. The van der Waals surface area contributed by atoms with E-state index in [-0.39, 0.29) is 6.10 Å². The molecule has 0 saturated carbocycles. The van der Waals surface area contributed by atoms with Crippen LogP contribution in [0, 0.1) is 12.8 Å². The van der Waals surface area contributed by atoms with Gasteiger partial charge in [-0.15, -0.1) is 0 Å². The SMILES string of the molecule is Cc1cccc(CC(O)C2CCOCC2)c1. The van der Waals surface area contributed by atoms with Crippen LogP contribution in [0.2, 0.25) is 0 Å². The van der Waals surface area contributed by atoms with Gasteiger partial charge in [-0.3, -0.25) is 0 Å². The van der Waals surface area contributed by atoms with Gasteiger partial charge in [-0.25, -0.2) is 0 Å². The molecule has 1 aromatic carbocycles. The van der Waals surface area contributed by atoms with Crippen molar-refractivity contribution in [3.63, 3.8) is 0 Å². The van der Waals surface area contributed by atoms with Crippen molar-refractivity contribution in [2.45, 2.75) is 32.3 Å². The Morgan fingerprint density at radius 2 is 2.12 bits per heavy atom. The molecule has 1 fully saturated rings. The Balaban J connectivity index is 1.93. The molecule has 1 heterocycles. The normalized spacial score (nSPS) is 19.6. The summed E-state index contributed by atoms with van der Waals surface area (Å²) in [5.74, 6) is 0.411. The lowest BCUT2D eigenvalue weighted by Crippen LogP contribution is -2.28. The van der Waals surface area contributed by atoms with Gasteiger partial charge >= 0.3 is 0 Å². The zero-order valence-corrected chi connectivity index (χ0v) is 9.86. The highest BCUT2D eigenvalue weighted by Gasteiger charge is 2.22. The lowest BCUT2D eigenvalue weighted by Gasteiger charge is -2.26. The summed E-state index contributed by atoms with van der Waals surface area (Å²) in [6.45, 7) is 3.69. The number of rotatable bonds is 3. The van der Waals surface area contributed by atoms with Gasteiger partial charge in [0, 0.05) is 13.2 Å². The van der Waals surface area contributed by atoms with Crippen LogP contribution in [0.25, 0.3) is 0 Å². The van der Waals surface area contributed by atoms with Crippen LogP contribution in [0.5, 0.6) is 0 Å². The zero-order chi connectivity index (χ0) is 11.4. The summed E-state index contributed by atoms with van der Waals surface area (Å²) < 4.78 is 5.31. The minimum atomic E-state index is -0.217. The Morgan fingerprint density at radius 3 is 2.81 bits per heavy atom. The number of hydrogen-bond donors (Lipinski definition) is 1. The van der Waals surface area contributed by atoms with Gasteiger partial charge in [0.2, 0.25) is 0 Å². The Hall–Kier alpha value is -0.860. The highest BCUT2D eigenvalue weighted by Crippen LogP contribution is 2.21. The first kappa shape index (κ1) is 11.6. The molecule has 2 nitrogen and oxygen atoms in total. The van der Waals surface area contributed by atoms with Crippen molar-refractivity contribution < 1.29 is 9.84 Å². The summed E-state index contributed by atoms with van der Waals surface area (Å²) >= 11 is 0. The minimum absolute atomic E-state index is 0.217. The standard InChI is InChI=1S/C14H20O2/c1-11-3-2-4-12(9-11)10-14(15)13-5-7-16-8-6-13/h2-4,9,13-15H,5-8,10H2,1H3. The lowest BCUT2D eigenvalue weighted by molar-refractivity contribution is 0.00839. The van der Waals surface area contributed by atoms with Gasteiger partial charge in [0.1, 0.15) is 0 Å². The fourth-order valence-corrected chi connectivity index (χ4v) is 2.35. The van der Waals surface area contributed by atoms with Gasteiger partial charge in [0.15, 0.2) is 0 Å². The lowest BCUT2D eigenvalue weighted by atomic mass is 9.90. The molecule has 1 unspecified atom stereocenters. The Bertz CT molecular complexity index is 329. The Kier molecular flexibility index (Phi) is 3.97. The van der Waals surface area contributed by atoms with E-state index in [2.05, 4.69) is 31.2 Å². The third-order valence-electron chi connectivity index (χ3n) is 3.34. The molecule has 1 aromatic rings. The first-order valence-electron chi connectivity index (χ1n) is 6.07. The van der Waals surface area contributed by atoms with Crippen molar-refractivity contribution in [3.05, 3.63) is 35.4 Å². The average Bonchev–Trinajstić information content (AvgIpc) is 2.30. The van der Waals surface area contributed by atoms with Crippen LogP contribution in [-0.4, -0.2) is 24.4 Å². The molecule has 0 aromatic heterocycles. The van der Waals surface area contributed by atoms with Crippen molar-refractivity contribution >= 4 is 0 Å². The second kappa shape index (κ2) is 5.46. The first-order valence-corrected chi connectivity index (χ1v) is 6.07. The van der Waals surface area contributed by atoms with Gasteiger partial charge in [-0.1, -0.05) is 29.8 Å². The topological polar surface area (TPSA) is 29.5 Å². The van der Waals surface area contributed by atoms with E-state index in [4.69, 9.17) is 4.74 Å². The molecule has 0 spiro atoms. The highest BCUT2D eigenvalue weighted by molar-refractivity contribution is 5.22. The number of ether oxygens (including phenoxy) is 1. The van der Waals surface area contributed by atoms with Crippen molar-refractivity contribution in [2.24, 2.45) is 5.92 Å². The summed E-state index contributed by atoms with van der Waals surface area (Å²) in [6, 6.07) is 8.39. The van der Waals surface area contributed by atoms with Crippen molar-refractivity contribution in [1.29, 1.82) is 0 Å².